The van der Waals surface area contributed by atoms with Crippen molar-refractivity contribution in [1.82, 2.24) is 4.31 Å². The first kappa shape index (κ1) is 17.4. The first-order valence-corrected chi connectivity index (χ1v) is 8.32. The molecule has 20 heavy (non-hydrogen) atoms. The Morgan fingerprint density at radius 3 is 2.30 bits per heavy atom. The van der Waals surface area contributed by atoms with Gasteiger partial charge >= 0.3 is 0 Å². The molecule has 114 valence electrons. The Morgan fingerprint density at radius 2 is 1.85 bits per heavy atom. The molecule has 1 unspecified atom stereocenters. The Labute approximate surface area is 126 Å². The molecule has 1 rings (SSSR count). The van der Waals surface area contributed by atoms with E-state index in [1.165, 1.54) is 10.4 Å². The van der Waals surface area contributed by atoms with Gasteiger partial charge in [-0.15, -0.1) is 0 Å². The van der Waals surface area contributed by atoms with Crippen molar-refractivity contribution in [3.63, 3.8) is 0 Å². The van der Waals surface area contributed by atoms with Crippen molar-refractivity contribution < 1.29 is 13.5 Å². The number of aliphatic hydroxyl groups excluding tert-OH is 1. The summed E-state index contributed by atoms with van der Waals surface area (Å²) in [5, 5.41) is 9.61. The highest BCUT2D eigenvalue weighted by Crippen LogP contribution is 2.28. The van der Waals surface area contributed by atoms with Gasteiger partial charge in [-0.2, -0.15) is 4.31 Å². The van der Waals surface area contributed by atoms with E-state index in [9.17, 15) is 13.5 Å². The third-order valence-corrected chi connectivity index (χ3v) is 6.09. The molecule has 0 heterocycles. The highest BCUT2D eigenvalue weighted by molar-refractivity contribution is 7.89. The van der Waals surface area contributed by atoms with Crippen LogP contribution in [0.25, 0.3) is 0 Å². The van der Waals surface area contributed by atoms with Crippen LogP contribution in [-0.2, 0) is 16.6 Å². The molecule has 0 aliphatic rings. The number of benzene rings is 1. The van der Waals surface area contributed by atoms with Crippen molar-refractivity contribution in [2.45, 2.75) is 45.2 Å². The zero-order chi connectivity index (χ0) is 15.7. The fourth-order valence-corrected chi connectivity index (χ4v) is 4.03. The summed E-state index contributed by atoms with van der Waals surface area (Å²) in [4.78, 5) is 0.157. The molecule has 1 aromatic rings. The Kier molecular flexibility index (Phi) is 5.61. The summed E-state index contributed by atoms with van der Waals surface area (Å²) < 4.78 is 26.8. The van der Waals surface area contributed by atoms with Gasteiger partial charge in [-0.1, -0.05) is 25.4 Å². The lowest BCUT2D eigenvalue weighted by atomic mass is 10.1. The summed E-state index contributed by atoms with van der Waals surface area (Å²) in [6.07, 6.45) is 0. The summed E-state index contributed by atoms with van der Waals surface area (Å²) in [6, 6.07) is 2.90. The fourth-order valence-electron chi connectivity index (χ4n) is 1.93. The summed E-state index contributed by atoms with van der Waals surface area (Å²) in [5.41, 5.74) is 1.07. The number of hydrogen-bond donors (Lipinski definition) is 1. The van der Waals surface area contributed by atoms with Crippen LogP contribution in [0.4, 0.5) is 0 Å². The Hall–Kier alpha value is -0.620. The van der Waals surface area contributed by atoms with Crippen LogP contribution in [0.5, 0.6) is 0 Å². The van der Waals surface area contributed by atoms with E-state index in [1.54, 1.807) is 20.0 Å². The average Bonchev–Trinajstić information content (AvgIpc) is 2.38. The minimum absolute atomic E-state index is 0.129. The quantitative estimate of drug-likeness (QED) is 0.908. The van der Waals surface area contributed by atoms with Crippen molar-refractivity contribution >= 4 is 21.6 Å². The van der Waals surface area contributed by atoms with E-state index in [1.807, 2.05) is 20.8 Å². The molecule has 1 N–H and O–H groups in total. The predicted molar refractivity (Wildman–Crippen MR) is 81.4 cm³/mol. The van der Waals surface area contributed by atoms with Gasteiger partial charge < -0.3 is 5.11 Å². The zero-order valence-corrected chi connectivity index (χ0v) is 14.1. The van der Waals surface area contributed by atoms with Crippen LogP contribution in [0.2, 0.25) is 5.02 Å². The molecule has 0 saturated heterocycles. The Balaban J connectivity index is 3.39. The zero-order valence-electron chi connectivity index (χ0n) is 12.5. The van der Waals surface area contributed by atoms with Gasteiger partial charge in [0.2, 0.25) is 10.0 Å². The molecular formula is C14H22ClNO3S. The van der Waals surface area contributed by atoms with E-state index in [0.717, 1.165) is 0 Å². The van der Waals surface area contributed by atoms with E-state index in [2.05, 4.69) is 0 Å². The first-order valence-electron chi connectivity index (χ1n) is 6.50. The normalized spacial score (nSPS) is 14.1. The predicted octanol–water partition coefficient (Wildman–Crippen LogP) is 2.81. The molecule has 6 heteroatoms. The Bertz CT molecular complexity index is 584. The summed E-state index contributed by atoms with van der Waals surface area (Å²) >= 11 is 5.96. The molecule has 0 aliphatic heterocycles. The molecule has 1 aromatic carbocycles. The maximum absolute atomic E-state index is 12.7. The molecule has 0 radical (unpaired) electrons. The van der Waals surface area contributed by atoms with Gasteiger partial charge in [0, 0.05) is 18.1 Å². The first-order chi connectivity index (χ1) is 9.12. The molecular weight excluding hydrogens is 298 g/mol. The van der Waals surface area contributed by atoms with Gasteiger partial charge in [-0.05, 0) is 43.0 Å². The Morgan fingerprint density at radius 1 is 1.30 bits per heavy atom. The second-order valence-electron chi connectivity index (χ2n) is 5.35. The van der Waals surface area contributed by atoms with E-state index >= 15 is 0 Å². The molecule has 0 aromatic heterocycles. The van der Waals surface area contributed by atoms with Crippen LogP contribution in [0.3, 0.4) is 0 Å². The van der Waals surface area contributed by atoms with Gasteiger partial charge in [0.25, 0.3) is 0 Å². The third-order valence-electron chi connectivity index (χ3n) is 3.80. The van der Waals surface area contributed by atoms with Gasteiger partial charge in [-0.25, -0.2) is 8.42 Å². The van der Waals surface area contributed by atoms with Crippen molar-refractivity contribution in [2.24, 2.45) is 5.92 Å². The van der Waals surface area contributed by atoms with Crippen LogP contribution in [-0.4, -0.2) is 30.9 Å². The largest absolute Gasteiger partial charge is 0.392 e. The number of aliphatic hydroxyl groups is 1. The minimum atomic E-state index is -3.63. The number of hydrogen-bond acceptors (Lipinski definition) is 3. The lowest BCUT2D eigenvalue weighted by molar-refractivity contribution is 0.280. The highest BCUT2D eigenvalue weighted by Gasteiger charge is 2.29. The molecule has 4 nitrogen and oxygen atoms in total. The van der Waals surface area contributed by atoms with Gasteiger partial charge in [-0.3, -0.25) is 0 Å². The van der Waals surface area contributed by atoms with Gasteiger partial charge in [0.1, 0.15) is 0 Å². The molecule has 1 atom stereocenters. The third kappa shape index (κ3) is 3.34. The lowest BCUT2D eigenvalue weighted by Crippen LogP contribution is -2.38. The van der Waals surface area contributed by atoms with Gasteiger partial charge in [0.05, 0.1) is 11.5 Å². The second kappa shape index (κ2) is 6.43. The average molecular weight is 320 g/mol. The second-order valence-corrected chi connectivity index (χ2v) is 7.75. The number of sulfonamides is 1. The van der Waals surface area contributed by atoms with E-state index in [-0.39, 0.29) is 23.5 Å². The van der Waals surface area contributed by atoms with E-state index in [4.69, 9.17) is 11.6 Å². The summed E-state index contributed by atoms with van der Waals surface area (Å²) in [7, 11) is -2.06. The van der Waals surface area contributed by atoms with Crippen LogP contribution in [0.1, 0.15) is 31.9 Å². The fraction of sp³-hybridized carbons (Fsp3) is 0.571. The number of rotatable bonds is 5. The molecule has 0 amide bonds. The molecule has 0 bridgehead atoms. The van der Waals surface area contributed by atoms with Gasteiger partial charge in [0.15, 0.2) is 0 Å². The van der Waals surface area contributed by atoms with Crippen molar-refractivity contribution in [2.75, 3.05) is 7.05 Å². The van der Waals surface area contributed by atoms with Crippen molar-refractivity contribution in [1.29, 1.82) is 0 Å². The summed E-state index contributed by atoms with van der Waals surface area (Å²) in [5.74, 6) is 0.201. The maximum Gasteiger partial charge on any atom is 0.243 e. The molecule has 0 aliphatic carbocycles. The highest BCUT2D eigenvalue weighted by atomic mass is 35.5. The molecule has 0 spiro atoms. The van der Waals surface area contributed by atoms with Crippen LogP contribution < -0.4 is 0 Å². The standard InChI is InChI=1S/C14H22ClNO3S/c1-9(2)11(4)16(5)20(18,19)14-7-13(15)6-12(8-17)10(14)3/h6-7,9,11,17H,8H2,1-5H3. The molecule has 0 saturated carbocycles. The van der Waals surface area contributed by atoms with Crippen LogP contribution in [0, 0.1) is 12.8 Å². The van der Waals surface area contributed by atoms with E-state index in [0.29, 0.717) is 16.1 Å². The lowest BCUT2D eigenvalue weighted by Gasteiger charge is -2.28. The maximum atomic E-state index is 12.7. The molecule has 0 fully saturated rings. The number of nitrogens with zero attached hydrogens (tertiary/aromatic N) is 1. The van der Waals surface area contributed by atoms with Crippen LogP contribution >= 0.6 is 11.6 Å². The monoisotopic (exact) mass is 319 g/mol. The summed E-state index contributed by atoms with van der Waals surface area (Å²) in [6.45, 7) is 7.26. The minimum Gasteiger partial charge on any atom is -0.392 e. The van der Waals surface area contributed by atoms with Crippen molar-refractivity contribution in [3.05, 3.63) is 28.3 Å². The topological polar surface area (TPSA) is 57.6 Å². The van der Waals surface area contributed by atoms with Crippen molar-refractivity contribution in [3.8, 4) is 0 Å². The van der Waals surface area contributed by atoms with E-state index < -0.39 is 10.0 Å². The smallest absolute Gasteiger partial charge is 0.243 e. The number of halogens is 1. The SMILES string of the molecule is Cc1c(CO)cc(Cl)cc1S(=O)(=O)N(C)C(C)C(C)C. The van der Waals surface area contributed by atoms with Crippen LogP contribution in [0.15, 0.2) is 17.0 Å².